The number of aliphatic hydroxyl groups is 1. The van der Waals surface area contributed by atoms with Crippen molar-refractivity contribution in [1.82, 2.24) is 0 Å². The van der Waals surface area contributed by atoms with Gasteiger partial charge in [0.15, 0.2) is 6.10 Å². The lowest BCUT2D eigenvalue weighted by atomic mass is 9.78. The summed E-state index contributed by atoms with van der Waals surface area (Å²) in [6, 6.07) is 6.33. The monoisotopic (exact) mass is 584 g/mol. The van der Waals surface area contributed by atoms with Gasteiger partial charge in [-0.3, -0.25) is 4.79 Å². The van der Waals surface area contributed by atoms with Crippen molar-refractivity contribution in [2.24, 2.45) is 17.8 Å². The molecule has 41 heavy (non-hydrogen) atoms. The number of benzene rings is 1. The van der Waals surface area contributed by atoms with Crippen molar-refractivity contribution in [3.63, 3.8) is 0 Å². The summed E-state index contributed by atoms with van der Waals surface area (Å²) in [5.41, 5.74) is -5.22. The van der Waals surface area contributed by atoms with Gasteiger partial charge in [0.05, 0.1) is 17.4 Å². The standard InChI is InChI=1S/C29H35F3O9/c1-15(2)23(33)39-20-13-26(5)14-21(28(36,41-26)16(3)12-19-22(20)17(4)24(34)38-19)40-25(35)27(37-6,29(30,31)32)18-10-8-7-9-11-18/h7-11,15-16,19-22,36H,4,12-14H2,1-3,5-6H3/t16-,19+,20+,21?,22-,26+,27+,28-/m0/s1. The lowest BCUT2D eigenvalue weighted by Crippen LogP contribution is -2.55. The van der Waals surface area contributed by atoms with Crippen LogP contribution in [0.5, 0.6) is 0 Å². The largest absolute Gasteiger partial charge is 0.461 e. The highest BCUT2D eigenvalue weighted by Gasteiger charge is 2.67. The average Bonchev–Trinajstić information content (AvgIpc) is 3.30. The smallest absolute Gasteiger partial charge is 0.432 e. The van der Waals surface area contributed by atoms with Crippen molar-refractivity contribution >= 4 is 17.9 Å². The van der Waals surface area contributed by atoms with E-state index < -0.39 is 82.7 Å². The van der Waals surface area contributed by atoms with Crippen LogP contribution >= 0.6 is 0 Å². The molecular weight excluding hydrogens is 549 g/mol. The minimum absolute atomic E-state index is 0.0425. The zero-order valence-corrected chi connectivity index (χ0v) is 23.5. The van der Waals surface area contributed by atoms with Crippen LogP contribution < -0.4 is 0 Å². The maximum absolute atomic E-state index is 14.5. The van der Waals surface area contributed by atoms with Gasteiger partial charge in [-0.2, -0.15) is 13.2 Å². The third-order valence-electron chi connectivity index (χ3n) is 8.30. The zero-order chi connectivity index (χ0) is 30.5. The van der Waals surface area contributed by atoms with E-state index in [1.165, 1.54) is 18.2 Å². The molecule has 8 atom stereocenters. The van der Waals surface area contributed by atoms with Crippen LogP contribution in [-0.4, -0.2) is 66.0 Å². The summed E-state index contributed by atoms with van der Waals surface area (Å²) in [5.74, 6) is -7.42. The van der Waals surface area contributed by atoms with Crippen molar-refractivity contribution in [3.05, 3.63) is 48.0 Å². The van der Waals surface area contributed by atoms with Gasteiger partial charge in [-0.25, -0.2) is 9.59 Å². The molecule has 0 amide bonds. The van der Waals surface area contributed by atoms with E-state index in [0.29, 0.717) is 0 Å². The molecule has 0 aliphatic carbocycles. The van der Waals surface area contributed by atoms with E-state index in [1.54, 1.807) is 27.7 Å². The molecule has 2 bridgehead atoms. The van der Waals surface area contributed by atoms with Crippen molar-refractivity contribution in [2.75, 3.05) is 7.11 Å². The fourth-order valence-corrected chi connectivity index (χ4v) is 6.08. The second-order valence-corrected chi connectivity index (χ2v) is 11.6. The first-order chi connectivity index (χ1) is 19.0. The van der Waals surface area contributed by atoms with Gasteiger partial charge >= 0.3 is 24.1 Å². The van der Waals surface area contributed by atoms with Gasteiger partial charge in [0, 0.05) is 37.0 Å². The van der Waals surface area contributed by atoms with E-state index in [-0.39, 0.29) is 24.8 Å². The maximum atomic E-state index is 14.5. The van der Waals surface area contributed by atoms with Gasteiger partial charge < -0.3 is 28.8 Å². The first kappa shape index (κ1) is 31.0. The Labute approximate surface area is 235 Å². The van der Waals surface area contributed by atoms with E-state index in [2.05, 4.69) is 6.58 Å². The molecule has 0 aromatic heterocycles. The van der Waals surface area contributed by atoms with Gasteiger partial charge in [0.2, 0.25) is 5.79 Å². The summed E-state index contributed by atoms with van der Waals surface area (Å²) >= 11 is 0. The summed E-state index contributed by atoms with van der Waals surface area (Å²) in [5, 5.41) is 11.8. The number of halogens is 3. The second kappa shape index (κ2) is 10.7. The molecule has 9 nitrogen and oxygen atoms in total. The van der Waals surface area contributed by atoms with Crippen LogP contribution in [0.1, 0.15) is 52.5 Å². The van der Waals surface area contributed by atoms with Crippen molar-refractivity contribution in [3.8, 4) is 0 Å². The topological polar surface area (TPSA) is 118 Å². The third-order valence-corrected chi connectivity index (χ3v) is 8.30. The fraction of sp³-hybridized carbons (Fsp3) is 0.621. The number of carbonyl (C=O) groups is 3. The predicted molar refractivity (Wildman–Crippen MR) is 136 cm³/mol. The maximum Gasteiger partial charge on any atom is 0.432 e. The highest BCUT2D eigenvalue weighted by Crippen LogP contribution is 2.52. The Bertz CT molecular complexity index is 1200. The molecule has 1 N–H and O–H groups in total. The third kappa shape index (κ3) is 5.25. The Morgan fingerprint density at radius 1 is 1.15 bits per heavy atom. The van der Waals surface area contributed by atoms with E-state index in [1.807, 2.05) is 0 Å². The minimum atomic E-state index is -5.22. The van der Waals surface area contributed by atoms with Crippen molar-refractivity contribution in [2.45, 2.75) is 88.4 Å². The van der Waals surface area contributed by atoms with Crippen LogP contribution in [0.2, 0.25) is 0 Å². The van der Waals surface area contributed by atoms with Crippen LogP contribution in [0.4, 0.5) is 13.2 Å². The summed E-state index contributed by atoms with van der Waals surface area (Å²) in [7, 11) is 0.749. The lowest BCUT2D eigenvalue weighted by molar-refractivity contribution is -0.299. The van der Waals surface area contributed by atoms with E-state index in [4.69, 9.17) is 23.7 Å². The molecule has 0 saturated carbocycles. The summed E-state index contributed by atoms with van der Waals surface area (Å²) in [4.78, 5) is 38.6. The number of rotatable bonds is 6. The van der Waals surface area contributed by atoms with Crippen LogP contribution in [0.25, 0.3) is 0 Å². The Hall–Kier alpha value is -2.96. The van der Waals surface area contributed by atoms with Crippen molar-refractivity contribution in [1.29, 1.82) is 0 Å². The average molecular weight is 585 g/mol. The minimum Gasteiger partial charge on any atom is -0.461 e. The first-order valence-electron chi connectivity index (χ1n) is 13.4. The van der Waals surface area contributed by atoms with E-state index in [9.17, 15) is 32.7 Å². The van der Waals surface area contributed by atoms with Crippen molar-refractivity contribution < 1.29 is 56.3 Å². The molecule has 3 heterocycles. The van der Waals surface area contributed by atoms with Crippen LogP contribution in [-0.2, 0) is 43.7 Å². The molecule has 3 saturated heterocycles. The molecule has 3 aliphatic heterocycles. The Kier molecular flexibility index (Phi) is 8.09. The fourth-order valence-electron chi connectivity index (χ4n) is 6.08. The SMILES string of the molecule is C=C1C(=O)O[C@@H]2C[C@H](C)[C@]3(O)O[C@@](C)(CC3OC(=O)[C@](OC)(c3ccccc3)C(F)(F)F)C[C@@H](OC(=O)C(C)C)[C@@H]12. The van der Waals surface area contributed by atoms with Gasteiger partial charge in [-0.05, 0) is 13.3 Å². The van der Waals surface area contributed by atoms with Gasteiger partial charge in [0.1, 0.15) is 12.2 Å². The summed E-state index contributed by atoms with van der Waals surface area (Å²) in [6.07, 6.45) is -9.01. The number of ether oxygens (including phenoxy) is 5. The van der Waals surface area contributed by atoms with Gasteiger partial charge in [-0.15, -0.1) is 0 Å². The molecule has 0 spiro atoms. The molecule has 1 aromatic rings. The number of hydrogen-bond donors (Lipinski definition) is 1. The number of methoxy groups -OCH3 is 1. The quantitative estimate of drug-likeness (QED) is 0.301. The first-order valence-corrected chi connectivity index (χ1v) is 13.4. The molecule has 4 rings (SSSR count). The Balaban J connectivity index is 1.73. The van der Waals surface area contributed by atoms with Crippen LogP contribution in [0, 0.1) is 17.8 Å². The van der Waals surface area contributed by atoms with Crippen LogP contribution in [0.15, 0.2) is 42.5 Å². The molecule has 3 aliphatic rings. The van der Waals surface area contributed by atoms with Crippen LogP contribution in [0.3, 0.4) is 0 Å². The molecular formula is C29H35F3O9. The Morgan fingerprint density at radius 3 is 2.34 bits per heavy atom. The lowest BCUT2D eigenvalue weighted by Gasteiger charge is -2.38. The molecule has 0 radical (unpaired) electrons. The summed E-state index contributed by atoms with van der Waals surface area (Å²) in [6.45, 7) is 10.2. The highest BCUT2D eigenvalue weighted by atomic mass is 19.4. The molecule has 1 unspecified atom stereocenters. The molecule has 1 aromatic carbocycles. The Morgan fingerprint density at radius 2 is 1.78 bits per heavy atom. The second-order valence-electron chi connectivity index (χ2n) is 11.6. The number of alkyl halides is 3. The normalized spacial score (nSPS) is 35.0. The highest BCUT2D eigenvalue weighted by molar-refractivity contribution is 5.91. The van der Waals surface area contributed by atoms with Gasteiger partial charge in [0.25, 0.3) is 5.60 Å². The zero-order valence-electron chi connectivity index (χ0n) is 23.5. The number of carbonyl (C=O) groups excluding carboxylic acids is 3. The molecule has 226 valence electrons. The van der Waals surface area contributed by atoms with E-state index >= 15 is 0 Å². The number of hydrogen-bond acceptors (Lipinski definition) is 9. The molecule has 12 heteroatoms. The summed E-state index contributed by atoms with van der Waals surface area (Å²) < 4.78 is 71.3. The molecule has 3 fully saturated rings. The number of fused-ring (bicyclic) bond motifs is 3. The number of esters is 3. The van der Waals surface area contributed by atoms with Gasteiger partial charge in [-0.1, -0.05) is 57.7 Å². The predicted octanol–water partition coefficient (Wildman–Crippen LogP) is 3.97. The van der Waals surface area contributed by atoms with E-state index in [0.717, 1.165) is 19.2 Å².